The summed E-state index contributed by atoms with van der Waals surface area (Å²) in [6.45, 7) is 2.66. The highest BCUT2D eigenvalue weighted by molar-refractivity contribution is 5.77. The Balaban J connectivity index is 1.59. The van der Waals surface area contributed by atoms with Gasteiger partial charge < -0.3 is 9.73 Å². The minimum absolute atomic E-state index is 0.0534. The molecular formula is C21H28N2O2. The van der Waals surface area contributed by atoms with Gasteiger partial charge in [0.1, 0.15) is 5.76 Å². The van der Waals surface area contributed by atoms with Gasteiger partial charge >= 0.3 is 0 Å². The lowest BCUT2D eigenvalue weighted by atomic mass is 9.90. The lowest BCUT2D eigenvalue weighted by Crippen LogP contribution is -2.35. The molecule has 0 radical (unpaired) electrons. The SMILES string of the molecule is Cc1ccc(C(CC(=O)NCC(c2ccco2)N(C)C)C2CC2)cc1. The van der Waals surface area contributed by atoms with Crippen molar-refractivity contribution in [3.63, 3.8) is 0 Å². The van der Waals surface area contributed by atoms with E-state index in [2.05, 4.69) is 41.4 Å². The third-order valence-corrected chi connectivity index (χ3v) is 5.09. The largest absolute Gasteiger partial charge is 0.468 e. The molecule has 3 rings (SSSR count). The summed E-state index contributed by atoms with van der Waals surface area (Å²) in [5, 5.41) is 3.11. The van der Waals surface area contributed by atoms with Gasteiger partial charge in [-0.1, -0.05) is 29.8 Å². The average molecular weight is 340 g/mol. The van der Waals surface area contributed by atoms with Gasteiger partial charge in [-0.05, 0) is 63.4 Å². The molecule has 1 fully saturated rings. The Bertz CT molecular complexity index is 672. The topological polar surface area (TPSA) is 45.5 Å². The molecule has 1 aromatic heterocycles. The summed E-state index contributed by atoms with van der Waals surface area (Å²) >= 11 is 0. The summed E-state index contributed by atoms with van der Waals surface area (Å²) in [4.78, 5) is 14.6. The quantitative estimate of drug-likeness (QED) is 0.793. The molecule has 2 aromatic rings. The Labute approximate surface area is 150 Å². The van der Waals surface area contributed by atoms with Crippen molar-refractivity contribution in [1.29, 1.82) is 0 Å². The van der Waals surface area contributed by atoms with Crippen LogP contribution in [0, 0.1) is 12.8 Å². The Kier molecular flexibility index (Phi) is 5.59. The van der Waals surface area contributed by atoms with Crippen LogP contribution < -0.4 is 5.32 Å². The molecule has 0 saturated heterocycles. The molecule has 2 unspecified atom stereocenters. The van der Waals surface area contributed by atoms with Gasteiger partial charge in [-0.15, -0.1) is 0 Å². The third kappa shape index (κ3) is 4.73. The van der Waals surface area contributed by atoms with Crippen LogP contribution in [-0.4, -0.2) is 31.4 Å². The van der Waals surface area contributed by atoms with Crippen LogP contribution in [0.4, 0.5) is 0 Å². The molecule has 1 aliphatic carbocycles. The number of hydrogen-bond acceptors (Lipinski definition) is 3. The number of carbonyl (C=O) groups excluding carboxylic acids is 1. The summed E-state index contributed by atoms with van der Waals surface area (Å²) in [5.41, 5.74) is 2.55. The maximum atomic E-state index is 12.6. The predicted molar refractivity (Wildman–Crippen MR) is 99.4 cm³/mol. The zero-order chi connectivity index (χ0) is 17.8. The van der Waals surface area contributed by atoms with Crippen LogP contribution >= 0.6 is 0 Å². The Hall–Kier alpha value is -2.07. The van der Waals surface area contributed by atoms with Gasteiger partial charge in [0.2, 0.25) is 5.91 Å². The van der Waals surface area contributed by atoms with E-state index in [0.717, 1.165) is 5.76 Å². The molecule has 1 amide bonds. The van der Waals surface area contributed by atoms with Gasteiger partial charge in [-0.25, -0.2) is 0 Å². The molecule has 1 N–H and O–H groups in total. The number of rotatable bonds is 8. The fraction of sp³-hybridized carbons (Fsp3) is 0.476. The number of furan rings is 1. The molecule has 25 heavy (non-hydrogen) atoms. The highest BCUT2D eigenvalue weighted by atomic mass is 16.3. The first-order valence-electron chi connectivity index (χ1n) is 9.07. The number of aryl methyl sites for hydroxylation is 1. The Morgan fingerprint density at radius 3 is 2.52 bits per heavy atom. The van der Waals surface area contributed by atoms with Crippen LogP contribution in [0.1, 0.15) is 48.1 Å². The third-order valence-electron chi connectivity index (χ3n) is 5.09. The minimum atomic E-state index is 0.0534. The van der Waals surface area contributed by atoms with E-state index in [4.69, 9.17) is 4.42 Å². The standard InChI is InChI=1S/C21H28N2O2/c1-15-6-8-16(9-7-15)18(17-10-11-17)13-21(24)22-14-19(23(2)3)20-5-4-12-25-20/h4-9,12,17-19H,10-11,13-14H2,1-3H3,(H,22,24). The molecule has 1 aromatic carbocycles. The second kappa shape index (κ2) is 7.87. The zero-order valence-corrected chi connectivity index (χ0v) is 15.4. The second-order valence-corrected chi connectivity index (χ2v) is 7.36. The maximum absolute atomic E-state index is 12.6. The first kappa shape index (κ1) is 17.7. The second-order valence-electron chi connectivity index (χ2n) is 7.36. The van der Waals surface area contributed by atoms with Gasteiger partial charge in [-0.2, -0.15) is 0 Å². The fourth-order valence-corrected chi connectivity index (χ4v) is 3.37. The van der Waals surface area contributed by atoms with E-state index in [1.807, 2.05) is 26.2 Å². The number of nitrogens with one attached hydrogen (secondary N) is 1. The minimum Gasteiger partial charge on any atom is -0.468 e. The van der Waals surface area contributed by atoms with E-state index >= 15 is 0 Å². The lowest BCUT2D eigenvalue weighted by molar-refractivity contribution is -0.121. The van der Waals surface area contributed by atoms with Crippen LogP contribution in [0.25, 0.3) is 0 Å². The summed E-state index contributed by atoms with van der Waals surface area (Å²) < 4.78 is 5.51. The number of hydrogen-bond donors (Lipinski definition) is 1. The van der Waals surface area contributed by atoms with Crippen LogP contribution in [-0.2, 0) is 4.79 Å². The number of likely N-dealkylation sites (N-methyl/N-ethyl adjacent to an activating group) is 1. The van der Waals surface area contributed by atoms with E-state index in [-0.39, 0.29) is 11.9 Å². The molecule has 0 aliphatic heterocycles. The molecule has 0 bridgehead atoms. The van der Waals surface area contributed by atoms with Crippen LogP contribution in [0.15, 0.2) is 47.1 Å². The van der Waals surface area contributed by atoms with E-state index in [1.165, 1.54) is 24.0 Å². The number of benzene rings is 1. The monoisotopic (exact) mass is 340 g/mol. The normalized spacial score (nSPS) is 16.6. The molecule has 1 heterocycles. The molecular weight excluding hydrogens is 312 g/mol. The van der Waals surface area contributed by atoms with Gasteiger partial charge in [0.05, 0.1) is 12.3 Å². The lowest BCUT2D eigenvalue weighted by Gasteiger charge is -2.23. The van der Waals surface area contributed by atoms with Crippen LogP contribution in [0.3, 0.4) is 0 Å². The van der Waals surface area contributed by atoms with Crippen molar-refractivity contribution in [2.75, 3.05) is 20.6 Å². The van der Waals surface area contributed by atoms with Gasteiger partial charge in [-0.3, -0.25) is 9.69 Å². The highest BCUT2D eigenvalue weighted by Crippen LogP contribution is 2.44. The Morgan fingerprint density at radius 2 is 1.96 bits per heavy atom. The van der Waals surface area contributed by atoms with Gasteiger partial charge in [0.15, 0.2) is 0 Å². The van der Waals surface area contributed by atoms with Crippen molar-refractivity contribution < 1.29 is 9.21 Å². The van der Waals surface area contributed by atoms with Crippen molar-refractivity contribution in [2.45, 2.75) is 38.1 Å². The smallest absolute Gasteiger partial charge is 0.220 e. The molecule has 1 saturated carbocycles. The molecule has 4 nitrogen and oxygen atoms in total. The van der Waals surface area contributed by atoms with Crippen LogP contribution in [0.2, 0.25) is 0 Å². The molecule has 134 valence electrons. The van der Waals surface area contributed by atoms with E-state index in [1.54, 1.807) is 6.26 Å². The van der Waals surface area contributed by atoms with Crippen molar-refractivity contribution in [3.8, 4) is 0 Å². The van der Waals surface area contributed by atoms with Crippen molar-refractivity contribution in [2.24, 2.45) is 5.92 Å². The Morgan fingerprint density at radius 1 is 1.24 bits per heavy atom. The summed E-state index contributed by atoms with van der Waals surface area (Å²) in [5.74, 6) is 1.99. The van der Waals surface area contributed by atoms with Gasteiger partial charge in [0, 0.05) is 13.0 Å². The number of nitrogens with zero attached hydrogens (tertiary/aromatic N) is 1. The van der Waals surface area contributed by atoms with Crippen molar-refractivity contribution in [3.05, 3.63) is 59.5 Å². The first-order chi connectivity index (χ1) is 12.0. The van der Waals surface area contributed by atoms with E-state index in [0.29, 0.717) is 24.8 Å². The first-order valence-corrected chi connectivity index (χ1v) is 9.07. The number of carbonyl (C=O) groups is 1. The maximum Gasteiger partial charge on any atom is 0.220 e. The molecule has 2 atom stereocenters. The van der Waals surface area contributed by atoms with Crippen LogP contribution in [0.5, 0.6) is 0 Å². The summed E-state index contributed by atoms with van der Waals surface area (Å²) in [7, 11) is 4.00. The number of amides is 1. The highest BCUT2D eigenvalue weighted by Gasteiger charge is 2.33. The summed E-state index contributed by atoms with van der Waals surface area (Å²) in [6, 6.07) is 12.5. The van der Waals surface area contributed by atoms with Crippen molar-refractivity contribution >= 4 is 5.91 Å². The predicted octanol–water partition coefficient (Wildman–Crippen LogP) is 3.89. The average Bonchev–Trinajstić information content (AvgIpc) is 3.29. The van der Waals surface area contributed by atoms with Gasteiger partial charge in [0.25, 0.3) is 0 Å². The zero-order valence-electron chi connectivity index (χ0n) is 15.4. The molecule has 4 heteroatoms. The van der Waals surface area contributed by atoms with Crippen molar-refractivity contribution in [1.82, 2.24) is 10.2 Å². The fourth-order valence-electron chi connectivity index (χ4n) is 3.37. The molecule has 1 aliphatic rings. The van der Waals surface area contributed by atoms with E-state index in [9.17, 15) is 4.79 Å². The van der Waals surface area contributed by atoms with E-state index < -0.39 is 0 Å². The molecule has 0 spiro atoms. The summed E-state index contributed by atoms with van der Waals surface area (Å²) in [6.07, 6.45) is 4.71.